The Hall–Kier alpha value is -0.0600. The van der Waals surface area contributed by atoms with Crippen molar-refractivity contribution in [1.82, 2.24) is 0 Å². The topological polar surface area (TPSA) is 20.2 Å². The zero-order chi connectivity index (χ0) is 11.3. The van der Waals surface area contributed by atoms with Crippen molar-refractivity contribution in [3.05, 3.63) is 34.1 Å². The molecule has 1 N–H and O–H groups in total. The van der Waals surface area contributed by atoms with Crippen molar-refractivity contribution in [3.8, 4) is 0 Å². The third-order valence-corrected chi connectivity index (χ3v) is 4.12. The first kappa shape index (κ1) is 13.0. The molecule has 1 rings (SSSR count). The van der Waals surface area contributed by atoms with Gasteiger partial charge in [0.05, 0.1) is 0 Å². The molecule has 84 valence electrons. The van der Waals surface area contributed by atoms with Crippen LogP contribution in [0.25, 0.3) is 0 Å². The summed E-state index contributed by atoms with van der Waals surface area (Å²) >= 11 is 5.11. The van der Waals surface area contributed by atoms with Crippen molar-refractivity contribution in [3.63, 3.8) is 0 Å². The van der Waals surface area contributed by atoms with E-state index in [2.05, 4.69) is 22.9 Å². The lowest BCUT2D eigenvalue weighted by molar-refractivity contribution is 0.289. The van der Waals surface area contributed by atoms with Gasteiger partial charge in [0.2, 0.25) is 0 Å². The highest BCUT2D eigenvalue weighted by molar-refractivity contribution is 9.10. The molecule has 0 aliphatic heterocycles. The van der Waals surface area contributed by atoms with E-state index in [0.29, 0.717) is 5.25 Å². The van der Waals surface area contributed by atoms with E-state index in [1.165, 1.54) is 6.07 Å². The van der Waals surface area contributed by atoms with Crippen LogP contribution < -0.4 is 0 Å². The molecule has 0 saturated heterocycles. The second-order valence-electron chi connectivity index (χ2n) is 3.37. The predicted molar refractivity (Wildman–Crippen MR) is 66.6 cm³/mol. The van der Waals surface area contributed by atoms with E-state index in [1.54, 1.807) is 23.9 Å². The van der Waals surface area contributed by atoms with Crippen LogP contribution in [0.4, 0.5) is 4.39 Å². The van der Waals surface area contributed by atoms with Gasteiger partial charge in [0.1, 0.15) is 5.82 Å². The highest BCUT2D eigenvalue weighted by Gasteiger charge is 2.06. The van der Waals surface area contributed by atoms with Crippen LogP contribution >= 0.6 is 27.7 Å². The number of aliphatic hydroxyl groups excluding tert-OH is 1. The maximum Gasteiger partial charge on any atom is 0.123 e. The van der Waals surface area contributed by atoms with Gasteiger partial charge in [-0.05, 0) is 30.2 Å². The first-order valence-electron chi connectivity index (χ1n) is 4.80. The van der Waals surface area contributed by atoms with Crippen molar-refractivity contribution < 1.29 is 9.50 Å². The molecule has 1 atom stereocenters. The monoisotopic (exact) mass is 292 g/mol. The molecule has 0 aromatic heterocycles. The quantitative estimate of drug-likeness (QED) is 0.895. The van der Waals surface area contributed by atoms with Crippen molar-refractivity contribution in [1.29, 1.82) is 0 Å². The van der Waals surface area contributed by atoms with Crippen LogP contribution in [0.5, 0.6) is 0 Å². The zero-order valence-corrected chi connectivity index (χ0v) is 10.9. The van der Waals surface area contributed by atoms with Gasteiger partial charge in [-0.3, -0.25) is 0 Å². The summed E-state index contributed by atoms with van der Waals surface area (Å²) in [7, 11) is 0. The standard InChI is InChI=1S/C11H14BrFOS/c1-8(4-5-14)15-7-9-6-10(13)2-3-11(9)12/h2-3,6,8,14H,4-5,7H2,1H3. The molecular weight excluding hydrogens is 279 g/mol. The summed E-state index contributed by atoms with van der Waals surface area (Å²) < 4.78 is 13.9. The number of aliphatic hydroxyl groups is 1. The zero-order valence-electron chi connectivity index (χ0n) is 8.54. The van der Waals surface area contributed by atoms with Gasteiger partial charge in [0, 0.05) is 22.1 Å². The number of halogens is 2. The summed E-state index contributed by atoms with van der Waals surface area (Å²) in [5, 5.41) is 9.14. The maximum absolute atomic E-state index is 12.9. The number of benzene rings is 1. The van der Waals surface area contributed by atoms with Gasteiger partial charge in [-0.2, -0.15) is 11.8 Å². The second kappa shape index (κ2) is 6.51. The third kappa shape index (κ3) is 4.53. The minimum Gasteiger partial charge on any atom is -0.396 e. The van der Waals surface area contributed by atoms with Gasteiger partial charge < -0.3 is 5.11 Å². The van der Waals surface area contributed by atoms with E-state index in [0.717, 1.165) is 22.2 Å². The molecule has 1 aromatic carbocycles. The van der Waals surface area contributed by atoms with Crippen molar-refractivity contribution in [2.45, 2.75) is 24.3 Å². The molecule has 15 heavy (non-hydrogen) atoms. The molecule has 4 heteroatoms. The van der Waals surface area contributed by atoms with Gasteiger partial charge in [-0.15, -0.1) is 0 Å². The molecule has 1 unspecified atom stereocenters. The minimum atomic E-state index is -0.205. The molecule has 0 heterocycles. The number of hydrogen-bond acceptors (Lipinski definition) is 2. The van der Waals surface area contributed by atoms with Crippen LogP contribution in [0.1, 0.15) is 18.9 Å². The summed E-state index contributed by atoms with van der Waals surface area (Å²) in [6, 6.07) is 4.71. The van der Waals surface area contributed by atoms with E-state index in [-0.39, 0.29) is 12.4 Å². The Morgan fingerprint density at radius 1 is 1.53 bits per heavy atom. The largest absolute Gasteiger partial charge is 0.396 e. The van der Waals surface area contributed by atoms with Gasteiger partial charge in [-0.1, -0.05) is 22.9 Å². The Morgan fingerprint density at radius 3 is 2.93 bits per heavy atom. The first-order chi connectivity index (χ1) is 7.13. The maximum atomic E-state index is 12.9. The van der Waals surface area contributed by atoms with Gasteiger partial charge in [0.15, 0.2) is 0 Å². The summed E-state index contributed by atoms with van der Waals surface area (Å²) in [5.41, 5.74) is 0.963. The van der Waals surface area contributed by atoms with Crippen LogP contribution in [-0.2, 0) is 5.75 Å². The highest BCUT2D eigenvalue weighted by Crippen LogP contribution is 2.25. The smallest absolute Gasteiger partial charge is 0.123 e. The Kier molecular flexibility index (Phi) is 5.64. The van der Waals surface area contributed by atoms with Gasteiger partial charge in [0.25, 0.3) is 0 Å². The van der Waals surface area contributed by atoms with Crippen LogP contribution in [-0.4, -0.2) is 17.0 Å². The highest BCUT2D eigenvalue weighted by atomic mass is 79.9. The molecule has 1 nitrogen and oxygen atoms in total. The fourth-order valence-electron chi connectivity index (χ4n) is 1.15. The van der Waals surface area contributed by atoms with Gasteiger partial charge in [-0.25, -0.2) is 4.39 Å². The lowest BCUT2D eigenvalue weighted by atomic mass is 10.2. The predicted octanol–water partition coefficient (Wildman–Crippen LogP) is 3.59. The van der Waals surface area contributed by atoms with Crippen LogP contribution in [0.2, 0.25) is 0 Å². The van der Waals surface area contributed by atoms with E-state index in [4.69, 9.17) is 5.11 Å². The van der Waals surface area contributed by atoms with Crippen molar-refractivity contribution in [2.24, 2.45) is 0 Å². The Labute approximate surface area is 102 Å². The molecular formula is C11H14BrFOS. The van der Waals surface area contributed by atoms with E-state index in [9.17, 15) is 4.39 Å². The van der Waals surface area contributed by atoms with Crippen LogP contribution in [0, 0.1) is 5.82 Å². The molecule has 0 aliphatic rings. The molecule has 0 amide bonds. The summed E-state index contributed by atoms with van der Waals surface area (Å²) in [6.45, 7) is 2.27. The Balaban J connectivity index is 2.53. The van der Waals surface area contributed by atoms with Crippen LogP contribution in [0.3, 0.4) is 0 Å². The average molecular weight is 293 g/mol. The third-order valence-electron chi connectivity index (χ3n) is 2.07. The average Bonchev–Trinajstić information content (AvgIpc) is 2.20. The summed E-state index contributed by atoms with van der Waals surface area (Å²) in [6.07, 6.45) is 0.775. The molecule has 0 aliphatic carbocycles. The SMILES string of the molecule is CC(CCO)SCc1cc(F)ccc1Br. The molecule has 0 bridgehead atoms. The number of thioether (sulfide) groups is 1. The molecule has 0 fully saturated rings. The van der Waals surface area contributed by atoms with Crippen LogP contribution in [0.15, 0.2) is 22.7 Å². The molecule has 0 saturated carbocycles. The van der Waals surface area contributed by atoms with Crippen molar-refractivity contribution in [2.75, 3.05) is 6.61 Å². The second-order valence-corrected chi connectivity index (χ2v) is 5.65. The number of hydrogen-bond donors (Lipinski definition) is 1. The first-order valence-corrected chi connectivity index (χ1v) is 6.64. The van der Waals surface area contributed by atoms with Gasteiger partial charge >= 0.3 is 0 Å². The van der Waals surface area contributed by atoms with E-state index in [1.807, 2.05) is 0 Å². The fourth-order valence-corrected chi connectivity index (χ4v) is 2.70. The lowest BCUT2D eigenvalue weighted by Crippen LogP contribution is -2.00. The molecule has 1 aromatic rings. The number of rotatable bonds is 5. The summed E-state index contributed by atoms with van der Waals surface area (Å²) in [4.78, 5) is 0. The van der Waals surface area contributed by atoms with E-state index >= 15 is 0 Å². The Bertz CT molecular complexity index is 319. The normalized spacial score (nSPS) is 12.8. The fraction of sp³-hybridized carbons (Fsp3) is 0.455. The van der Waals surface area contributed by atoms with E-state index < -0.39 is 0 Å². The summed E-state index contributed by atoms with van der Waals surface area (Å²) in [5.74, 6) is 0.558. The minimum absolute atomic E-state index is 0.205. The molecule has 0 spiro atoms. The lowest BCUT2D eigenvalue weighted by Gasteiger charge is -2.10. The molecule has 0 radical (unpaired) electrons. The Morgan fingerprint density at radius 2 is 2.27 bits per heavy atom. The van der Waals surface area contributed by atoms with Crippen molar-refractivity contribution >= 4 is 27.7 Å².